The van der Waals surface area contributed by atoms with Gasteiger partial charge in [-0.05, 0) is 49.7 Å². The van der Waals surface area contributed by atoms with Crippen LogP contribution in [0, 0.1) is 12.3 Å². The summed E-state index contributed by atoms with van der Waals surface area (Å²) in [7, 11) is 0. The maximum absolute atomic E-state index is 7.47. The zero-order valence-corrected chi connectivity index (χ0v) is 11.6. The summed E-state index contributed by atoms with van der Waals surface area (Å²) in [5, 5.41) is 7.47. The molecule has 20 heavy (non-hydrogen) atoms. The molecule has 0 amide bonds. The van der Waals surface area contributed by atoms with Crippen LogP contribution in [0.25, 0.3) is 0 Å². The van der Waals surface area contributed by atoms with E-state index in [0.29, 0.717) is 23.9 Å². The molecule has 0 heterocycles. The van der Waals surface area contributed by atoms with Crippen molar-refractivity contribution in [2.24, 2.45) is 5.73 Å². The zero-order valence-electron chi connectivity index (χ0n) is 11.6. The second-order valence-electron chi connectivity index (χ2n) is 4.37. The molecule has 0 radical (unpaired) electrons. The van der Waals surface area contributed by atoms with Gasteiger partial charge in [-0.25, -0.2) is 0 Å². The molecule has 0 spiro atoms. The van der Waals surface area contributed by atoms with E-state index in [-0.39, 0.29) is 5.84 Å². The number of nitrogen functional groups attached to an aromatic ring is 1. The van der Waals surface area contributed by atoms with Crippen molar-refractivity contribution in [3.8, 4) is 17.2 Å². The minimum Gasteiger partial charge on any atom is -0.490 e. The molecule has 0 fully saturated rings. The number of nitrogens with two attached hydrogens (primary N) is 1. The van der Waals surface area contributed by atoms with Gasteiger partial charge in [0.05, 0.1) is 6.61 Å². The van der Waals surface area contributed by atoms with Crippen LogP contribution in [0.15, 0.2) is 42.5 Å². The number of hydrogen-bond donors (Lipinski definition) is 2. The molecule has 0 saturated carbocycles. The van der Waals surface area contributed by atoms with Crippen LogP contribution in [0.5, 0.6) is 17.2 Å². The Bertz CT molecular complexity index is 624. The van der Waals surface area contributed by atoms with Crippen molar-refractivity contribution in [2.75, 3.05) is 6.61 Å². The average Bonchev–Trinajstić information content (AvgIpc) is 2.41. The van der Waals surface area contributed by atoms with Crippen molar-refractivity contribution >= 4 is 5.84 Å². The molecule has 0 aliphatic heterocycles. The normalized spacial score (nSPS) is 10.1. The van der Waals surface area contributed by atoms with Crippen molar-refractivity contribution < 1.29 is 9.47 Å². The second-order valence-corrected chi connectivity index (χ2v) is 4.37. The first-order valence-electron chi connectivity index (χ1n) is 6.46. The van der Waals surface area contributed by atoms with Gasteiger partial charge in [-0.1, -0.05) is 12.1 Å². The van der Waals surface area contributed by atoms with Crippen LogP contribution in [0.2, 0.25) is 0 Å². The molecule has 0 aliphatic rings. The van der Waals surface area contributed by atoms with Crippen LogP contribution < -0.4 is 15.2 Å². The largest absolute Gasteiger partial charge is 0.490 e. The van der Waals surface area contributed by atoms with E-state index >= 15 is 0 Å². The summed E-state index contributed by atoms with van der Waals surface area (Å²) >= 11 is 0. The first-order valence-corrected chi connectivity index (χ1v) is 6.46. The maximum Gasteiger partial charge on any atom is 0.169 e. The van der Waals surface area contributed by atoms with Crippen molar-refractivity contribution in [3.05, 3.63) is 53.6 Å². The van der Waals surface area contributed by atoms with Crippen LogP contribution in [-0.4, -0.2) is 12.4 Å². The molecule has 4 nitrogen and oxygen atoms in total. The molecule has 0 unspecified atom stereocenters. The van der Waals surface area contributed by atoms with Gasteiger partial charge in [0.2, 0.25) is 0 Å². The predicted octanol–water partition coefficient (Wildman–Crippen LogP) is 3.47. The van der Waals surface area contributed by atoms with Gasteiger partial charge < -0.3 is 15.2 Å². The molecular weight excluding hydrogens is 252 g/mol. The molecule has 0 aromatic heterocycles. The fourth-order valence-electron chi connectivity index (χ4n) is 1.94. The van der Waals surface area contributed by atoms with Gasteiger partial charge in [-0.15, -0.1) is 0 Å². The number of amidine groups is 1. The van der Waals surface area contributed by atoms with Gasteiger partial charge in [0.15, 0.2) is 11.5 Å². The smallest absolute Gasteiger partial charge is 0.169 e. The van der Waals surface area contributed by atoms with Gasteiger partial charge in [-0.3, -0.25) is 5.41 Å². The number of para-hydroxylation sites is 2. The Hall–Kier alpha value is -2.49. The van der Waals surface area contributed by atoms with Gasteiger partial charge in [0.1, 0.15) is 11.6 Å². The lowest BCUT2D eigenvalue weighted by molar-refractivity contribution is 0.321. The van der Waals surface area contributed by atoms with Crippen molar-refractivity contribution in [3.63, 3.8) is 0 Å². The molecule has 0 saturated heterocycles. The van der Waals surface area contributed by atoms with Gasteiger partial charge in [0.25, 0.3) is 0 Å². The molecule has 0 atom stereocenters. The van der Waals surface area contributed by atoms with E-state index in [1.165, 1.54) is 0 Å². The SMILES string of the molecule is CCOc1ccccc1Oc1ccc(C(=N)N)c(C)c1. The molecule has 2 aromatic rings. The van der Waals surface area contributed by atoms with Crippen molar-refractivity contribution in [2.45, 2.75) is 13.8 Å². The monoisotopic (exact) mass is 270 g/mol. The van der Waals surface area contributed by atoms with E-state index in [2.05, 4.69) is 0 Å². The molecule has 104 valence electrons. The van der Waals surface area contributed by atoms with E-state index in [1.54, 1.807) is 12.1 Å². The van der Waals surface area contributed by atoms with Crippen LogP contribution >= 0.6 is 0 Å². The van der Waals surface area contributed by atoms with E-state index in [4.69, 9.17) is 20.6 Å². The zero-order chi connectivity index (χ0) is 14.5. The third-order valence-electron chi connectivity index (χ3n) is 2.86. The summed E-state index contributed by atoms with van der Waals surface area (Å²) in [5.41, 5.74) is 7.13. The Morgan fingerprint density at radius 1 is 1.15 bits per heavy atom. The summed E-state index contributed by atoms with van der Waals surface area (Å²) in [6, 6.07) is 13.0. The Balaban J connectivity index is 2.26. The standard InChI is InChI=1S/C16H18N2O2/c1-3-19-14-6-4-5-7-15(14)20-12-8-9-13(16(17)18)11(2)10-12/h4-10H,3H2,1-2H3,(H3,17,18). The Morgan fingerprint density at radius 2 is 1.85 bits per heavy atom. The third-order valence-corrected chi connectivity index (χ3v) is 2.86. The fourth-order valence-corrected chi connectivity index (χ4v) is 1.94. The highest BCUT2D eigenvalue weighted by molar-refractivity contribution is 5.96. The lowest BCUT2D eigenvalue weighted by atomic mass is 10.1. The number of hydrogen-bond acceptors (Lipinski definition) is 3. The predicted molar refractivity (Wildman–Crippen MR) is 79.9 cm³/mol. The van der Waals surface area contributed by atoms with E-state index in [0.717, 1.165) is 11.1 Å². The second kappa shape index (κ2) is 6.10. The Labute approximate surface area is 118 Å². The van der Waals surface area contributed by atoms with Gasteiger partial charge in [-0.2, -0.15) is 0 Å². The maximum atomic E-state index is 7.47. The number of rotatable bonds is 5. The average molecular weight is 270 g/mol. The quantitative estimate of drug-likeness (QED) is 0.645. The van der Waals surface area contributed by atoms with E-state index in [9.17, 15) is 0 Å². The minimum absolute atomic E-state index is 0.0590. The van der Waals surface area contributed by atoms with E-state index < -0.39 is 0 Å². The van der Waals surface area contributed by atoms with Crippen LogP contribution in [-0.2, 0) is 0 Å². The van der Waals surface area contributed by atoms with Gasteiger partial charge >= 0.3 is 0 Å². The summed E-state index contributed by atoms with van der Waals surface area (Å²) in [5.74, 6) is 2.14. The highest BCUT2D eigenvalue weighted by Crippen LogP contribution is 2.31. The Kier molecular flexibility index (Phi) is 4.25. The van der Waals surface area contributed by atoms with Crippen LogP contribution in [0.3, 0.4) is 0 Å². The molecule has 4 heteroatoms. The lowest BCUT2D eigenvalue weighted by Crippen LogP contribution is -2.12. The van der Waals surface area contributed by atoms with Crippen LogP contribution in [0.4, 0.5) is 0 Å². The third kappa shape index (κ3) is 3.09. The first-order chi connectivity index (χ1) is 9.61. The molecule has 3 N–H and O–H groups in total. The molecule has 2 rings (SSSR count). The first kappa shape index (κ1) is 13.9. The minimum atomic E-state index is 0.0590. The Morgan fingerprint density at radius 3 is 2.45 bits per heavy atom. The lowest BCUT2D eigenvalue weighted by Gasteiger charge is -2.12. The fraction of sp³-hybridized carbons (Fsp3) is 0.188. The number of ether oxygens (including phenoxy) is 2. The van der Waals surface area contributed by atoms with Gasteiger partial charge in [0, 0.05) is 5.56 Å². The molecule has 2 aromatic carbocycles. The van der Waals surface area contributed by atoms with E-state index in [1.807, 2.05) is 44.2 Å². The highest BCUT2D eigenvalue weighted by atomic mass is 16.5. The number of benzene rings is 2. The number of aryl methyl sites for hydroxylation is 1. The molecule has 0 aliphatic carbocycles. The van der Waals surface area contributed by atoms with Crippen LogP contribution in [0.1, 0.15) is 18.1 Å². The summed E-state index contributed by atoms with van der Waals surface area (Å²) in [4.78, 5) is 0. The number of nitrogens with one attached hydrogen (secondary N) is 1. The highest BCUT2D eigenvalue weighted by Gasteiger charge is 2.07. The van der Waals surface area contributed by atoms with Crippen molar-refractivity contribution in [1.29, 1.82) is 5.41 Å². The summed E-state index contributed by atoms with van der Waals surface area (Å²) < 4.78 is 11.4. The topological polar surface area (TPSA) is 68.3 Å². The molecule has 0 bridgehead atoms. The molecular formula is C16H18N2O2. The summed E-state index contributed by atoms with van der Waals surface area (Å²) in [6.07, 6.45) is 0. The summed E-state index contributed by atoms with van der Waals surface area (Å²) in [6.45, 7) is 4.42. The van der Waals surface area contributed by atoms with Crippen molar-refractivity contribution in [1.82, 2.24) is 0 Å².